The van der Waals surface area contributed by atoms with E-state index in [1.54, 1.807) is 0 Å². The predicted molar refractivity (Wildman–Crippen MR) is 178 cm³/mol. The Labute approximate surface area is 263 Å². The van der Waals surface area contributed by atoms with E-state index in [0.29, 0.717) is 49.7 Å². The maximum absolute atomic E-state index is 6.30. The fourth-order valence-electron chi connectivity index (χ4n) is 4.43. The summed E-state index contributed by atoms with van der Waals surface area (Å²) in [4.78, 5) is 14.9. The number of hydrogen-bond acceptors (Lipinski definition) is 7. The molecule has 3 aromatic carbocycles. The van der Waals surface area contributed by atoms with Gasteiger partial charge in [-0.25, -0.2) is 15.0 Å². The highest BCUT2D eigenvalue weighted by Crippen LogP contribution is 2.35. The molecule has 0 bridgehead atoms. The van der Waals surface area contributed by atoms with Crippen LogP contribution < -0.4 is 18.9 Å². The van der Waals surface area contributed by atoms with Crippen LogP contribution in [0.3, 0.4) is 0 Å². The molecule has 4 rings (SSSR count). The summed E-state index contributed by atoms with van der Waals surface area (Å²) in [5.74, 6) is 4.72. The molecule has 44 heavy (non-hydrogen) atoms. The molecule has 0 aliphatic rings. The van der Waals surface area contributed by atoms with E-state index in [1.807, 2.05) is 66.7 Å². The summed E-state index contributed by atoms with van der Waals surface area (Å²) in [7, 11) is 0. The Morgan fingerprint density at radius 1 is 0.455 bits per heavy atom. The third-order valence-corrected chi connectivity index (χ3v) is 7.07. The molecule has 7 heteroatoms. The standard InChI is InChI=1S/C37H47N3O4/c1-5-9-21-41-30-17-13-15-28(25-30)35-38-36(29-16-14-18-31(26-29)42-22-10-6-2)40-37(39-35)33-20-19-32(43-23-11-7-3)27-34(33)44-24-12-8-4/h13-20,25-27H,5-12,21-24H2,1-4H3. The average molecular weight is 598 g/mol. The van der Waals surface area contributed by atoms with Crippen LogP contribution >= 0.6 is 0 Å². The van der Waals surface area contributed by atoms with E-state index in [2.05, 4.69) is 27.7 Å². The number of nitrogens with zero attached hydrogens (tertiary/aromatic N) is 3. The first-order chi connectivity index (χ1) is 21.6. The van der Waals surface area contributed by atoms with Crippen molar-refractivity contribution in [1.82, 2.24) is 15.0 Å². The minimum atomic E-state index is 0.534. The molecule has 7 nitrogen and oxygen atoms in total. The SMILES string of the molecule is CCCCOc1cccc(-c2nc(-c3cccc(OCCCC)c3)nc(-c3ccc(OCCCC)cc3OCCCC)n2)c1. The number of aromatic nitrogens is 3. The van der Waals surface area contributed by atoms with Crippen LogP contribution in [0.4, 0.5) is 0 Å². The second kappa shape index (κ2) is 17.9. The lowest BCUT2D eigenvalue weighted by Gasteiger charge is -2.15. The number of unbranched alkanes of at least 4 members (excludes halogenated alkanes) is 4. The molecule has 0 aliphatic carbocycles. The molecule has 0 unspecified atom stereocenters. The Bertz CT molecular complexity index is 1370. The van der Waals surface area contributed by atoms with Gasteiger partial charge in [0.05, 0.1) is 32.0 Å². The molecule has 4 aromatic rings. The quantitative estimate of drug-likeness (QED) is 0.0996. The average Bonchev–Trinajstić information content (AvgIpc) is 3.05. The number of benzene rings is 3. The topological polar surface area (TPSA) is 75.6 Å². The zero-order chi connectivity index (χ0) is 31.0. The van der Waals surface area contributed by atoms with Gasteiger partial charge in [0.1, 0.15) is 23.0 Å². The second-order valence-electron chi connectivity index (χ2n) is 10.8. The Balaban J connectivity index is 1.79. The lowest BCUT2D eigenvalue weighted by Crippen LogP contribution is -2.04. The number of ether oxygens (including phenoxy) is 4. The maximum Gasteiger partial charge on any atom is 0.167 e. The molecular formula is C37H47N3O4. The molecule has 234 valence electrons. The first-order valence-corrected chi connectivity index (χ1v) is 16.3. The van der Waals surface area contributed by atoms with E-state index in [4.69, 9.17) is 33.9 Å². The highest BCUT2D eigenvalue weighted by Gasteiger charge is 2.17. The zero-order valence-corrected chi connectivity index (χ0v) is 26.8. The van der Waals surface area contributed by atoms with Crippen LogP contribution in [0.15, 0.2) is 66.7 Å². The van der Waals surface area contributed by atoms with Crippen molar-refractivity contribution in [2.24, 2.45) is 0 Å². The van der Waals surface area contributed by atoms with E-state index in [-0.39, 0.29) is 0 Å². The van der Waals surface area contributed by atoms with Crippen LogP contribution in [0.5, 0.6) is 23.0 Å². The summed E-state index contributed by atoms with van der Waals surface area (Å²) >= 11 is 0. The van der Waals surface area contributed by atoms with Gasteiger partial charge < -0.3 is 18.9 Å². The summed E-state index contributed by atoms with van der Waals surface area (Å²) < 4.78 is 24.3. The molecule has 0 amide bonds. The normalized spacial score (nSPS) is 10.9. The van der Waals surface area contributed by atoms with Gasteiger partial charge in [0, 0.05) is 17.2 Å². The maximum atomic E-state index is 6.30. The van der Waals surface area contributed by atoms with Crippen molar-refractivity contribution in [3.05, 3.63) is 66.7 Å². The van der Waals surface area contributed by atoms with Crippen LogP contribution in [0.1, 0.15) is 79.1 Å². The molecule has 0 radical (unpaired) electrons. The summed E-state index contributed by atoms with van der Waals surface area (Å²) in [5.41, 5.74) is 2.50. The third-order valence-electron chi connectivity index (χ3n) is 7.07. The Morgan fingerprint density at radius 2 is 0.886 bits per heavy atom. The molecule has 1 aromatic heterocycles. The minimum absolute atomic E-state index is 0.534. The van der Waals surface area contributed by atoms with Crippen molar-refractivity contribution < 1.29 is 18.9 Å². The highest BCUT2D eigenvalue weighted by atomic mass is 16.5. The number of rotatable bonds is 19. The summed E-state index contributed by atoms with van der Waals surface area (Å²) in [6.07, 6.45) is 8.21. The molecule has 0 saturated heterocycles. The van der Waals surface area contributed by atoms with Crippen molar-refractivity contribution in [3.63, 3.8) is 0 Å². The van der Waals surface area contributed by atoms with Gasteiger partial charge >= 0.3 is 0 Å². The summed E-state index contributed by atoms with van der Waals surface area (Å²) in [6.45, 7) is 11.2. The van der Waals surface area contributed by atoms with Gasteiger partial charge in [0.15, 0.2) is 17.5 Å². The van der Waals surface area contributed by atoms with Gasteiger partial charge in [-0.15, -0.1) is 0 Å². The molecule has 0 atom stereocenters. The minimum Gasteiger partial charge on any atom is -0.494 e. The van der Waals surface area contributed by atoms with Crippen LogP contribution in [0.2, 0.25) is 0 Å². The first kappa shape index (κ1) is 32.8. The van der Waals surface area contributed by atoms with E-state index >= 15 is 0 Å². The van der Waals surface area contributed by atoms with E-state index in [9.17, 15) is 0 Å². The smallest absolute Gasteiger partial charge is 0.167 e. The monoisotopic (exact) mass is 597 g/mol. The summed E-state index contributed by atoms with van der Waals surface area (Å²) in [5, 5.41) is 0. The van der Waals surface area contributed by atoms with E-state index < -0.39 is 0 Å². The van der Waals surface area contributed by atoms with Crippen molar-refractivity contribution in [3.8, 4) is 57.2 Å². The van der Waals surface area contributed by atoms with Gasteiger partial charge in [0.2, 0.25) is 0 Å². The lowest BCUT2D eigenvalue weighted by molar-refractivity contribution is 0.295. The molecular weight excluding hydrogens is 550 g/mol. The second-order valence-corrected chi connectivity index (χ2v) is 10.8. The Morgan fingerprint density at radius 3 is 1.36 bits per heavy atom. The predicted octanol–water partition coefficient (Wildman–Crippen LogP) is 9.59. The lowest BCUT2D eigenvalue weighted by atomic mass is 10.1. The Kier molecular flexibility index (Phi) is 13.3. The molecule has 1 heterocycles. The molecule has 0 saturated carbocycles. The third kappa shape index (κ3) is 9.69. The Hall–Kier alpha value is -4.13. The fraction of sp³-hybridized carbons (Fsp3) is 0.432. The van der Waals surface area contributed by atoms with Crippen LogP contribution in [0.25, 0.3) is 34.2 Å². The van der Waals surface area contributed by atoms with Gasteiger partial charge in [-0.05, 0) is 62.1 Å². The molecule has 0 fully saturated rings. The van der Waals surface area contributed by atoms with Crippen molar-refractivity contribution in [2.45, 2.75) is 79.1 Å². The zero-order valence-electron chi connectivity index (χ0n) is 26.8. The van der Waals surface area contributed by atoms with Gasteiger partial charge in [-0.1, -0.05) is 77.6 Å². The summed E-state index contributed by atoms with van der Waals surface area (Å²) in [6, 6.07) is 21.8. The van der Waals surface area contributed by atoms with Crippen molar-refractivity contribution >= 4 is 0 Å². The highest BCUT2D eigenvalue weighted by molar-refractivity contribution is 5.71. The molecule has 0 spiro atoms. The van der Waals surface area contributed by atoms with Crippen LogP contribution in [0, 0.1) is 0 Å². The largest absolute Gasteiger partial charge is 0.494 e. The van der Waals surface area contributed by atoms with Crippen LogP contribution in [-0.4, -0.2) is 41.4 Å². The van der Waals surface area contributed by atoms with Gasteiger partial charge in [-0.3, -0.25) is 0 Å². The number of hydrogen-bond donors (Lipinski definition) is 0. The molecule has 0 aliphatic heterocycles. The molecule has 0 N–H and O–H groups in total. The van der Waals surface area contributed by atoms with Crippen molar-refractivity contribution in [2.75, 3.05) is 26.4 Å². The van der Waals surface area contributed by atoms with Gasteiger partial charge in [0.25, 0.3) is 0 Å². The van der Waals surface area contributed by atoms with Crippen LogP contribution in [-0.2, 0) is 0 Å². The van der Waals surface area contributed by atoms with Gasteiger partial charge in [-0.2, -0.15) is 0 Å². The van der Waals surface area contributed by atoms with E-state index in [0.717, 1.165) is 85.3 Å². The fourth-order valence-corrected chi connectivity index (χ4v) is 4.43. The van der Waals surface area contributed by atoms with Crippen molar-refractivity contribution in [1.29, 1.82) is 0 Å². The van der Waals surface area contributed by atoms with E-state index in [1.165, 1.54) is 0 Å². The first-order valence-electron chi connectivity index (χ1n) is 16.3.